The number of rotatable bonds is 5. The number of sulfonamides is 1. The second-order valence-corrected chi connectivity index (χ2v) is 6.80. The summed E-state index contributed by atoms with van der Waals surface area (Å²) in [5.41, 5.74) is -0.346. The molecule has 0 aromatic heterocycles. The zero-order valence-corrected chi connectivity index (χ0v) is 11.8. The van der Waals surface area contributed by atoms with E-state index >= 15 is 0 Å². The van der Waals surface area contributed by atoms with Crippen molar-refractivity contribution in [2.75, 3.05) is 17.0 Å². The summed E-state index contributed by atoms with van der Waals surface area (Å²) in [5, 5.41) is 3.25. The highest BCUT2D eigenvalue weighted by molar-refractivity contribution is 7.92. The van der Waals surface area contributed by atoms with E-state index in [-0.39, 0.29) is 17.5 Å². The van der Waals surface area contributed by atoms with Crippen LogP contribution in [0.2, 0.25) is 0 Å². The van der Waals surface area contributed by atoms with E-state index in [4.69, 9.17) is 0 Å². The van der Waals surface area contributed by atoms with Gasteiger partial charge in [0.2, 0.25) is 10.0 Å². The van der Waals surface area contributed by atoms with Crippen molar-refractivity contribution in [3.05, 3.63) is 29.8 Å². The van der Waals surface area contributed by atoms with Crippen LogP contribution in [0.4, 0.5) is 14.5 Å². The molecule has 0 amide bonds. The molecule has 1 saturated heterocycles. The van der Waals surface area contributed by atoms with Gasteiger partial charge in [-0.15, -0.1) is 0 Å². The van der Waals surface area contributed by atoms with Crippen LogP contribution in [0.15, 0.2) is 18.2 Å². The molecule has 0 spiro atoms. The molecule has 1 atom stereocenters. The second kappa shape index (κ2) is 6.49. The highest BCUT2D eigenvalue weighted by Gasteiger charge is 2.19. The maximum absolute atomic E-state index is 13.4. The fraction of sp³-hybridized carbons (Fsp3) is 0.538. The molecule has 1 aromatic rings. The summed E-state index contributed by atoms with van der Waals surface area (Å²) in [4.78, 5) is 0. The lowest BCUT2D eigenvalue weighted by molar-refractivity contribution is 0.393. The average Bonchev–Trinajstić information content (AvgIpc) is 2.43. The van der Waals surface area contributed by atoms with Crippen LogP contribution in [0.5, 0.6) is 0 Å². The molecule has 1 aliphatic heterocycles. The Kier molecular flexibility index (Phi) is 4.93. The molecule has 0 saturated carbocycles. The van der Waals surface area contributed by atoms with Gasteiger partial charge < -0.3 is 5.32 Å². The van der Waals surface area contributed by atoms with Crippen molar-refractivity contribution < 1.29 is 17.2 Å². The molecular weight excluding hydrogens is 286 g/mol. The number of halogens is 2. The zero-order valence-electron chi connectivity index (χ0n) is 11.0. The molecule has 7 heteroatoms. The minimum atomic E-state index is -3.67. The lowest BCUT2D eigenvalue weighted by atomic mass is 10.0. The molecule has 0 radical (unpaired) electrons. The summed E-state index contributed by atoms with van der Waals surface area (Å²) in [6, 6.07) is 3.59. The van der Waals surface area contributed by atoms with Crippen molar-refractivity contribution in [1.82, 2.24) is 5.32 Å². The summed E-state index contributed by atoms with van der Waals surface area (Å²) in [6.45, 7) is 0.899. The largest absolute Gasteiger partial charge is 0.314 e. The first kappa shape index (κ1) is 15.2. The van der Waals surface area contributed by atoms with E-state index < -0.39 is 21.7 Å². The lowest BCUT2D eigenvalue weighted by Crippen LogP contribution is -2.36. The van der Waals surface area contributed by atoms with Crippen LogP contribution in [0.1, 0.15) is 25.7 Å². The molecule has 1 aliphatic rings. The van der Waals surface area contributed by atoms with Crippen molar-refractivity contribution in [2.24, 2.45) is 0 Å². The third-order valence-corrected chi connectivity index (χ3v) is 4.67. The Balaban J connectivity index is 1.94. The van der Waals surface area contributed by atoms with E-state index in [2.05, 4.69) is 10.0 Å². The first-order chi connectivity index (χ1) is 9.48. The molecule has 1 heterocycles. The van der Waals surface area contributed by atoms with Crippen LogP contribution in [0.3, 0.4) is 0 Å². The minimum absolute atomic E-state index is 0.110. The predicted octanol–water partition coefficient (Wildman–Crippen LogP) is 2.24. The second-order valence-electron chi connectivity index (χ2n) is 4.96. The van der Waals surface area contributed by atoms with Gasteiger partial charge in [-0.25, -0.2) is 17.2 Å². The van der Waals surface area contributed by atoms with E-state index in [0.29, 0.717) is 6.42 Å². The molecule has 0 bridgehead atoms. The first-order valence-corrected chi connectivity index (χ1v) is 8.31. The molecule has 1 fully saturated rings. The fourth-order valence-corrected chi connectivity index (χ4v) is 3.46. The van der Waals surface area contributed by atoms with Crippen molar-refractivity contribution in [3.63, 3.8) is 0 Å². The molecular formula is C13H18F2N2O2S. The quantitative estimate of drug-likeness (QED) is 0.877. The molecule has 1 unspecified atom stereocenters. The summed E-state index contributed by atoms with van der Waals surface area (Å²) in [5.74, 6) is -2.35. The Morgan fingerprint density at radius 3 is 2.80 bits per heavy atom. The van der Waals surface area contributed by atoms with E-state index in [9.17, 15) is 17.2 Å². The maximum Gasteiger partial charge on any atom is 0.232 e. The number of hydrogen-bond donors (Lipinski definition) is 2. The van der Waals surface area contributed by atoms with Crippen molar-refractivity contribution in [2.45, 2.75) is 31.7 Å². The van der Waals surface area contributed by atoms with E-state index in [0.717, 1.165) is 31.9 Å². The zero-order chi connectivity index (χ0) is 14.6. The monoisotopic (exact) mass is 304 g/mol. The first-order valence-electron chi connectivity index (χ1n) is 6.66. The van der Waals surface area contributed by atoms with E-state index in [1.165, 1.54) is 12.1 Å². The third kappa shape index (κ3) is 4.14. The van der Waals surface area contributed by atoms with Gasteiger partial charge in [-0.05, 0) is 37.9 Å². The molecule has 20 heavy (non-hydrogen) atoms. The maximum atomic E-state index is 13.4. The molecule has 2 rings (SSSR count). The smallest absolute Gasteiger partial charge is 0.232 e. The summed E-state index contributed by atoms with van der Waals surface area (Å²) >= 11 is 0. The van der Waals surface area contributed by atoms with Gasteiger partial charge in [0.1, 0.15) is 0 Å². The normalized spacial score (nSPS) is 19.8. The Morgan fingerprint density at radius 2 is 2.10 bits per heavy atom. The van der Waals surface area contributed by atoms with E-state index in [1.807, 2.05) is 0 Å². The van der Waals surface area contributed by atoms with Gasteiger partial charge in [-0.3, -0.25) is 4.72 Å². The standard InChI is InChI=1S/C13H18F2N2O2S/c14-11-5-3-6-12(13(11)15)17-20(18,19)9-7-10-4-1-2-8-16-10/h3,5-6,10,16-17H,1-2,4,7-9H2. The van der Waals surface area contributed by atoms with Crippen molar-refractivity contribution >= 4 is 15.7 Å². The fourth-order valence-electron chi connectivity index (χ4n) is 2.27. The Bertz CT molecular complexity index is 557. The van der Waals surface area contributed by atoms with Crippen LogP contribution in [0, 0.1) is 11.6 Å². The number of piperidine rings is 1. The van der Waals surface area contributed by atoms with Crippen molar-refractivity contribution in [1.29, 1.82) is 0 Å². The Labute approximate surface area is 117 Å². The molecule has 112 valence electrons. The lowest BCUT2D eigenvalue weighted by Gasteiger charge is -2.23. The van der Waals surface area contributed by atoms with Crippen LogP contribution in [0.25, 0.3) is 0 Å². The van der Waals surface area contributed by atoms with Gasteiger partial charge in [0.25, 0.3) is 0 Å². The van der Waals surface area contributed by atoms with Gasteiger partial charge in [0.05, 0.1) is 11.4 Å². The molecule has 0 aliphatic carbocycles. The van der Waals surface area contributed by atoms with E-state index in [1.54, 1.807) is 0 Å². The number of anilines is 1. The summed E-state index contributed by atoms with van der Waals surface area (Å²) < 4.78 is 52.3. The minimum Gasteiger partial charge on any atom is -0.314 e. The molecule has 1 aromatic carbocycles. The number of benzene rings is 1. The van der Waals surface area contributed by atoms with Gasteiger partial charge >= 0.3 is 0 Å². The summed E-state index contributed by atoms with van der Waals surface area (Å²) in [7, 11) is -3.67. The highest BCUT2D eigenvalue weighted by atomic mass is 32.2. The van der Waals surface area contributed by atoms with Gasteiger partial charge in [-0.2, -0.15) is 0 Å². The summed E-state index contributed by atoms with van der Waals surface area (Å²) in [6.07, 6.45) is 3.61. The van der Waals surface area contributed by atoms with Crippen molar-refractivity contribution in [3.8, 4) is 0 Å². The van der Waals surface area contributed by atoms with Crippen LogP contribution in [-0.4, -0.2) is 26.8 Å². The van der Waals surface area contributed by atoms with Gasteiger partial charge in [0, 0.05) is 6.04 Å². The predicted molar refractivity (Wildman–Crippen MR) is 74.0 cm³/mol. The molecule has 2 N–H and O–H groups in total. The number of nitrogens with one attached hydrogen (secondary N) is 2. The van der Waals surface area contributed by atoms with Gasteiger partial charge in [0.15, 0.2) is 11.6 Å². The average molecular weight is 304 g/mol. The SMILES string of the molecule is O=S(=O)(CCC1CCCCN1)Nc1cccc(F)c1F. The van der Waals surface area contributed by atoms with Crippen LogP contribution in [-0.2, 0) is 10.0 Å². The van der Waals surface area contributed by atoms with Crippen LogP contribution >= 0.6 is 0 Å². The Morgan fingerprint density at radius 1 is 1.30 bits per heavy atom. The third-order valence-electron chi connectivity index (χ3n) is 3.36. The van der Waals surface area contributed by atoms with Gasteiger partial charge in [-0.1, -0.05) is 12.5 Å². The Hall–Kier alpha value is -1.21. The van der Waals surface area contributed by atoms with Crippen LogP contribution < -0.4 is 10.0 Å². The number of hydrogen-bond acceptors (Lipinski definition) is 3. The topological polar surface area (TPSA) is 58.2 Å². The highest BCUT2D eigenvalue weighted by Crippen LogP contribution is 2.19. The molecule has 4 nitrogen and oxygen atoms in total.